The topological polar surface area (TPSA) is 44.9 Å². The van der Waals surface area contributed by atoms with Crippen molar-refractivity contribution >= 4 is 27.5 Å². The van der Waals surface area contributed by atoms with Crippen molar-refractivity contribution in [3.05, 3.63) is 23.2 Å². The van der Waals surface area contributed by atoms with Crippen LogP contribution in [0.2, 0.25) is 0 Å². The van der Waals surface area contributed by atoms with Gasteiger partial charge in [-0.25, -0.2) is 0 Å². The molecule has 0 saturated heterocycles. The maximum absolute atomic E-state index is 11.7. The molecule has 0 spiro atoms. The molecule has 0 aliphatic carbocycles. The van der Waals surface area contributed by atoms with Crippen LogP contribution in [-0.4, -0.2) is 17.4 Å². The lowest BCUT2D eigenvalue weighted by molar-refractivity contribution is 0.0945. The van der Waals surface area contributed by atoms with Gasteiger partial charge in [-0.15, -0.1) is 11.3 Å². The highest BCUT2D eigenvalue weighted by Gasteiger charge is 2.09. The van der Waals surface area contributed by atoms with E-state index in [0.29, 0.717) is 18.2 Å². The number of hydrogen-bond acceptors (Lipinski definition) is 2. The van der Waals surface area contributed by atoms with Crippen LogP contribution in [0, 0.1) is 5.92 Å². The van der Waals surface area contributed by atoms with E-state index in [9.17, 15) is 4.79 Å². The van der Waals surface area contributed by atoms with Crippen molar-refractivity contribution in [1.82, 2.24) is 10.3 Å². The summed E-state index contributed by atoms with van der Waals surface area (Å²) in [6.07, 6.45) is 0. The first-order chi connectivity index (χ1) is 7.16. The van der Waals surface area contributed by atoms with Gasteiger partial charge in [0.25, 0.3) is 5.91 Å². The maximum atomic E-state index is 11.7. The largest absolute Gasteiger partial charge is 0.351 e. The predicted octanol–water partition coefficient (Wildman–Crippen LogP) is 2.62. The number of aromatic amines is 1. The van der Waals surface area contributed by atoms with Crippen LogP contribution >= 0.6 is 11.3 Å². The Hall–Kier alpha value is -1.29. The molecule has 0 unspecified atom stereocenters. The molecule has 2 rings (SSSR count). The minimum absolute atomic E-state index is 0.0212. The molecule has 4 heteroatoms. The fraction of sp³-hybridized carbons (Fsp3) is 0.364. The van der Waals surface area contributed by atoms with Crippen molar-refractivity contribution in [2.24, 2.45) is 5.92 Å². The number of nitrogens with one attached hydrogen (secondary N) is 2. The lowest BCUT2D eigenvalue weighted by Crippen LogP contribution is -2.27. The Labute approximate surface area is 92.5 Å². The lowest BCUT2D eigenvalue weighted by atomic mass is 10.2. The van der Waals surface area contributed by atoms with Gasteiger partial charge in [0.05, 0.1) is 10.2 Å². The second-order valence-corrected chi connectivity index (χ2v) is 4.93. The molecule has 2 N–H and O–H groups in total. The smallest absolute Gasteiger partial charge is 0.267 e. The number of thiophene rings is 1. The van der Waals surface area contributed by atoms with Gasteiger partial charge in [0.1, 0.15) is 5.69 Å². The van der Waals surface area contributed by atoms with Gasteiger partial charge in [0.15, 0.2) is 0 Å². The zero-order valence-electron chi connectivity index (χ0n) is 8.83. The monoisotopic (exact) mass is 222 g/mol. The first kappa shape index (κ1) is 10.2. The van der Waals surface area contributed by atoms with Gasteiger partial charge < -0.3 is 10.3 Å². The Bertz CT molecular complexity index is 441. The van der Waals surface area contributed by atoms with Crippen LogP contribution in [0.1, 0.15) is 24.3 Å². The molecule has 1 amide bonds. The SMILES string of the molecule is CC(C)CNC(=O)c1cc2sccc2[nH]1. The highest BCUT2D eigenvalue weighted by molar-refractivity contribution is 7.17. The van der Waals surface area contributed by atoms with E-state index in [-0.39, 0.29) is 5.91 Å². The van der Waals surface area contributed by atoms with Crippen LogP contribution in [0.15, 0.2) is 17.5 Å². The molecule has 0 atom stereocenters. The third-order valence-electron chi connectivity index (χ3n) is 2.16. The first-order valence-corrected chi connectivity index (χ1v) is 5.89. The molecule has 0 fully saturated rings. The van der Waals surface area contributed by atoms with Crippen LogP contribution in [0.3, 0.4) is 0 Å². The van der Waals surface area contributed by atoms with Crippen LogP contribution in [-0.2, 0) is 0 Å². The van der Waals surface area contributed by atoms with Gasteiger partial charge in [-0.05, 0) is 23.4 Å². The average molecular weight is 222 g/mol. The fourth-order valence-electron chi connectivity index (χ4n) is 1.36. The molecule has 0 saturated carbocycles. The quantitative estimate of drug-likeness (QED) is 0.823. The highest BCUT2D eigenvalue weighted by Crippen LogP contribution is 2.21. The van der Waals surface area contributed by atoms with Gasteiger partial charge in [-0.2, -0.15) is 0 Å². The maximum Gasteiger partial charge on any atom is 0.267 e. The summed E-state index contributed by atoms with van der Waals surface area (Å²) in [5, 5.41) is 4.89. The van der Waals surface area contributed by atoms with E-state index in [0.717, 1.165) is 10.2 Å². The summed E-state index contributed by atoms with van der Waals surface area (Å²) < 4.78 is 1.13. The number of hydrogen-bond donors (Lipinski definition) is 2. The molecule has 0 aliphatic rings. The van der Waals surface area contributed by atoms with Crippen molar-refractivity contribution in [2.45, 2.75) is 13.8 Å². The van der Waals surface area contributed by atoms with Gasteiger partial charge >= 0.3 is 0 Å². The molecule has 0 bridgehead atoms. The second kappa shape index (κ2) is 4.06. The molecule has 0 aromatic carbocycles. The van der Waals surface area contributed by atoms with E-state index in [1.807, 2.05) is 17.5 Å². The Kier molecular flexibility index (Phi) is 2.77. The Balaban J connectivity index is 2.10. The number of fused-ring (bicyclic) bond motifs is 1. The average Bonchev–Trinajstić information content (AvgIpc) is 2.72. The first-order valence-electron chi connectivity index (χ1n) is 5.01. The molecule has 80 valence electrons. The zero-order valence-corrected chi connectivity index (χ0v) is 9.65. The molecule has 3 nitrogen and oxygen atoms in total. The van der Waals surface area contributed by atoms with Crippen LogP contribution in [0.25, 0.3) is 10.2 Å². The zero-order chi connectivity index (χ0) is 10.8. The molecule has 2 aromatic heterocycles. The van der Waals surface area contributed by atoms with Gasteiger partial charge in [-0.3, -0.25) is 4.79 Å². The summed E-state index contributed by atoms with van der Waals surface area (Å²) in [5.41, 5.74) is 1.69. The fourth-order valence-corrected chi connectivity index (χ4v) is 2.15. The molecule has 0 radical (unpaired) electrons. The number of amides is 1. The summed E-state index contributed by atoms with van der Waals surface area (Å²) in [4.78, 5) is 14.8. The summed E-state index contributed by atoms with van der Waals surface area (Å²) in [7, 11) is 0. The summed E-state index contributed by atoms with van der Waals surface area (Å²) in [6.45, 7) is 4.87. The number of carbonyl (C=O) groups excluding carboxylic acids is 1. The number of carbonyl (C=O) groups is 1. The molecule has 15 heavy (non-hydrogen) atoms. The van der Waals surface area contributed by atoms with E-state index >= 15 is 0 Å². The Morgan fingerprint density at radius 1 is 1.60 bits per heavy atom. The van der Waals surface area contributed by atoms with Crippen LogP contribution in [0.4, 0.5) is 0 Å². The number of rotatable bonds is 3. The van der Waals surface area contributed by atoms with E-state index in [4.69, 9.17) is 0 Å². The second-order valence-electron chi connectivity index (χ2n) is 3.99. The van der Waals surface area contributed by atoms with E-state index in [2.05, 4.69) is 24.1 Å². The lowest BCUT2D eigenvalue weighted by Gasteiger charge is -2.05. The van der Waals surface area contributed by atoms with E-state index in [1.165, 1.54) is 0 Å². The van der Waals surface area contributed by atoms with Gasteiger partial charge in [0, 0.05) is 6.54 Å². The standard InChI is InChI=1S/C11H14N2OS/c1-7(2)6-12-11(14)9-5-10-8(13-9)3-4-15-10/h3-5,7,13H,6H2,1-2H3,(H,12,14). The predicted molar refractivity (Wildman–Crippen MR) is 63.3 cm³/mol. The van der Waals surface area contributed by atoms with Crippen molar-refractivity contribution in [1.29, 1.82) is 0 Å². The highest BCUT2D eigenvalue weighted by atomic mass is 32.1. The number of H-pyrrole nitrogens is 1. The van der Waals surface area contributed by atoms with Crippen LogP contribution < -0.4 is 5.32 Å². The van der Waals surface area contributed by atoms with Crippen molar-refractivity contribution in [3.8, 4) is 0 Å². The normalized spacial score (nSPS) is 11.1. The molecule has 0 aliphatic heterocycles. The number of aromatic nitrogens is 1. The van der Waals surface area contributed by atoms with Crippen molar-refractivity contribution < 1.29 is 4.79 Å². The van der Waals surface area contributed by atoms with Crippen molar-refractivity contribution in [3.63, 3.8) is 0 Å². The molecule has 2 heterocycles. The molecular formula is C11H14N2OS. The van der Waals surface area contributed by atoms with E-state index < -0.39 is 0 Å². The Morgan fingerprint density at radius 2 is 2.40 bits per heavy atom. The third kappa shape index (κ3) is 2.21. The van der Waals surface area contributed by atoms with Crippen LogP contribution in [0.5, 0.6) is 0 Å². The minimum atomic E-state index is -0.0212. The van der Waals surface area contributed by atoms with E-state index in [1.54, 1.807) is 11.3 Å². The van der Waals surface area contributed by atoms with Crippen molar-refractivity contribution in [2.75, 3.05) is 6.54 Å². The molecular weight excluding hydrogens is 208 g/mol. The van der Waals surface area contributed by atoms with Gasteiger partial charge in [-0.1, -0.05) is 13.8 Å². The Morgan fingerprint density at radius 3 is 3.07 bits per heavy atom. The molecule has 2 aromatic rings. The minimum Gasteiger partial charge on any atom is -0.351 e. The summed E-state index contributed by atoms with van der Waals surface area (Å²) >= 11 is 1.64. The third-order valence-corrected chi connectivity index (χ3v) is 3.02. The summed E-state index contributed by atoms with van der Waals surface area (Å²) in [5.74, 6) is 0.456. The summed E-state index contributed by atoms with van der Waals surface area (Å²) in [6, 6.07) is 3.88. The van der Waals surface area contributed by atoms with Gasteiger partial charge in [0.2, 0.25) is 0 Å².